The van der Waals surface area contributed by atoms with Gasteiger partial charge in [0.15, 0.2) is 0 Å². The van der Waals surface area contributed by atoms with Gasteiger partial charge in [0.1, 0.15) is 0 Å². The third kappa shape index (κ3) is 5.33. The lowest BCUT2D eigenvalue weighted by atomic mass is 9.91. The smallest absolute Gasteiger partial charge is 0.0318 e. The van der Waals surface area contributed by atoms with E-state index in [9.17, 15) is 0 Å². The molecule has 19 heavy (non-hydrogen) atoms. The Morgan fingerprint density at radius 2 is 1.68 bits per heavy atom. The Labute approximate surface area is 118 Å². The Hall–Kier alpha value is -0.860. The van der Waals surface area contributed by atoms with Crippen LogP contribution in [0, 0.1) is 0 Å². The normalized spacial score (nSPS) is 15.3. The van der Waals surface area contributed by atoms with Gasteiger partial charge in [-0.25, -0.2) is 0 Å². The molecule has 108 valence electrons. The van der Waals surface area contributed by atoms with Crippen molar-refractivity contribution in [1.82, 2.24) is 5.32 Å². The minimum Gasteiger partial charge on any atom is -0.326 e. The maximum absolute atomic E-state index is 6.07. The van der Waals surface area contributed by atoms with Crippen LogP contribution in [0.2, 0.25) is 0 Å². The van der Waals surface area contributed by atoms with Crippen molar-refractivity contribution in [3.05, 3.63) is 35.4 Å². The topological polar surface area (TPSA) is 38.0 Å². The lowest BCUT2D eigenvalue weighted by Gasteiger charge is -2.23. The third-order valence-electron chi connectivity index (χ3n) is 3.95. The van der Waals surface area contributed by atoms with Crippen molar-refractivity contribution in [3.8, 4) is 0 Å². The van der Waals surface area contributed by atoms with Gasteiger partial charge >= 0.3 is 0 Å². The molecule has 0 fully saturated rings. The predicted molar refractivity (Wildman–Crippen MR) is 84.4 cm³/mol. The number of benzene rings is 1. The molecule has 0 bridgehead atoms. The van der Waals surface area contributed by atoms with Crippen molar-refractivity contribution in [2.24, 2.45) is 5.73 Å². The number of nitrogens with two attached hydrogens (primary N) is 1. The third-order valence-corrected chi connectivity index (χ3v) is 3.95. The fraction of sp³-hybridized carbons (Fsp3) is 0.647. The molecule has 0 aliphatic rings. The van der Waals surface area contributed by atoms with Gasteiger partial charge in [0.25, 0.3) is 0 Å². The van der Waals surface area contributed by atoms with E-state index in [4.69, 9.17) is 5.73 Å². The quantitative estimate of drug-likeness (QED) is 0.780. The van der Waals surface area contributed by atoms with Crippen LogP contribution in [-0.4, -0.2) is 12.6 Å². The molecule has 2 nitrogen and oxygen atoms in total. The molecule has 0 saturated heterocycles. The summed E-state index contributed by atoms with van der Waals surface area (Å²) in [5, 5.41) is 3.40. The first-order valence-corrected chi connectivity index (χ1v) is 7.43. The second-order valence-electron chi connectivity index (χ2n) is 6.34. The first-order chi connectivity index (χ1) is 8.87. The molecule has 0 aliphatic carbocycles. The Bertz CT molecular complexity index is 362. The molecule has 1 aromatic carbocycles. The van der Waals surface area contributed by atoms with Gasteiger partial charge in [-0.05, 0) is 57.2 Å². The molecule has 0 aromatic heterocycles. The highest BCUT2D eigenvalue weighted by molar-refractivity contribution is 5.27. The van der Waals surface area contributed by atoms with E-state index in [1.807, 2.05) is 7.05 Å². The van der Waals surface area contributed by atoms with Crippen LogP contribution in [0.4, 0.5) is 0 Å². The zero-order chi connectivity index (χ0) is 14.5. The number of nitrogens with one attached hydrogen (secondary N) is 1. The zero-order valence-corrected chi connectivity index (χ0v) is 13.2. The Kier molecular flexibility index (Phi) is 6.02. The van der Waals surface area contributed by atoms with Crippen LogP contribution in [0.3, 0.4) is 0 Å². The van der Waals surface area contributed by atoms with Crippen LogP contribution in [0.1, 0.15) is 70.0 Å². The van der Waals surface area contributed by atoms with Gasteiger partial charge in [-0.1, -0.05) is 38.1 Å². The SMILES string of the molecule is CCC(C)c1ccc(C(CCC(C)(C)N)NC)cc1. The Balaban J connectivity index is 2.71. The fourth-order valence-corrected chi connectivity index (χ4v) is 2.29. The summed E-state index contributed by atoms with van der Waals surface area (Å²) in [6, 6.07) is 9.44. The van der Waals surface area contributed by atoms with E-state index in [2.05, 4.69) is 57.3 Å². The largest absolute Gasteiger partial charge is 0.326 e. The first-order valence-electron chi connectivity index (χ1n) is 7.43. The molecule has 3 N–H and O–H groups in total. The summed E-state index contributed by atoms with van der Waals surface area (Å²) in [6.45, 7) is 8.69. The Morgan fingerprint density at radius 1 is 1.16 bits per heavy atom. The summed E-state index contributed by atoms with van der Waals surface area (Å²) in [5.74, 6) is 0.644. The summed E-state index contributed by atoms with van der Waals surface area (Å²) in [4.78, 5) is 0. The highest BCUT2D eigenvalue weighted by Crippen LogP contribution is 2.24. The molecule has 0 amide bonds. The van der Waals surface area contributed by atoms with E-state index in [1.54, 1.807) is 0 Å². The fourth-order valence-electron chi connectivity index (χ4n) is 2.29. The highest BCUT2D eigenvalue weighted by Gasteiger charge is 2.16. The van der Waals surface area contributed by atoms with E-state index in [1.165, 1.54) is 17.5 Å². The lowest BCUT2D eigenvalue weighted by molar-refractivity contribution is 0.411. The summed E-state index contributed by atoms with van der Waals surface area (Å²) in [5.41, 5.74) is 8.77. The second kappa shape index (κ2) is 7.06. The van der Waals surface area contributed by atoms with Crippen molar-refractivity contribution >= 4 is 0 Å². The average Bonchev–Trinajstić information content (AvgIpc) is 2.38. The molecule has 0 aliphatic heterocycles. The average molecular weight is 262 g/mol. The van der Waals surface area contributed by atoms with Crippen LogP contribution < -0.4 is 11.1 Å². The lowest BCUT2D eigenvalue weighted by Crippen LogP contribution is -2.33. The van der Waals surface area contributed by atoms with E-state index >= 15 is 0 Å². The van der Waals surface area contributed by atoms with Crippen LogP contribution in [0.5, 0.6) is 0 Å². The van der Waals surface area contributed by atoms with Crippen LogP contribution >= 0.6 is 0 Å². The second-order valence-corrected chi connectivity index (χ2v) is 6.34. The number of hydrogen-bond donors (Lipinski definition) is 2. The van der Waals surface area contributed by atoms with E-state index in [-0.39, 0.29) is 5.54 Å². The molecule has 1 aromatic rings. The van der Waals surface area contributed by atoms with Gasteiger partial charge < -0.3 is 11.1 Å². The minimum atomic E-state index is -0.0915. The summed E-state index contributed by atoms with van der Waals surface area (Å²) >= 11 is 0. The molecule has 0 spiro atoms. The van der Waals surface area contributed by atoms with E-state index in [0.717, 1.165) is 12.8 Å². The van der Waals surface area contributed by atoms with E-state index < -0.39 is 0 Å². The van der Waals surface area contributed by atoms with Gasteiger partial charge in [0.2, 0.25) is 0 Å². The zero-order valence-electron chi connectivity index (χ0n) is 13.2. The van der Waals surface area contributed by atoms with Crippen LogP contribution in [0.15, 0.2) is 24.3 Å². The standard InChI is InChI=1S/C17H30N2/c1-6-13(2)14-7-9-15(10-8-14)16(19-5)11-12-17(3,4)18/h7-10,13,16,19H,6,11-12,18H2,1-5H3. The number of hydrogen-bond acceptors (Lipinski definition) is 2. The Morgan fingerprint density at radius 3 is 2.11 bits per heavy atom. The van der Waals surface area contributed by atoms with Gasteiger partial charge in [-0.3, -0.25) is 0 Å². The summed E-state index contributed by atoms with van der Waals surface area (Å²) < 4.78 is 0. The first kappa shape index (κ1) is 16.2. The van der Waals surface area contributed by atoms with Gasteiger partial charge in [0, 0.05) is 11.6 Å². The van der Waals surface area contributed by atoms with Crippen molar-refractivity contribution in [2.75, 3.05) is 7.05 Å². The summed E-state index contributed by atoms with van der Waals surface area (Å²) in [7, 11) is 2.02. The van der Waals surface area contributed by atoms with Gasteiger partial charge in [-0.2, -0.15) is 0 Å². The molecule has 0 radical (unpaired) electrons. The molecular weight excluding hydrogens is 232 g/mol. The van der Waals surface area contributed by atoms with Gasteiger partial charge in [0.05, 0.1) is 0 Å². The van der Waals surface area contributed by atoms with Crippen LogP contribution in [-0.2, 0) is 0 Å². The minimum absolute atomic E-state index is 0.0915. The number of rotatable bonds is 7. The van der Waals surface area contributed by atoms with Crippen molar-refractivity contribution < 1.29 is 0 Å². The summed E-state index contributed by atoms with van der Waals surface area (Å²) in [6.07, 6.45) is 3.28. The van der Waals surface area contributed by atoms with E-state index in [0.29, 0.717) is 12.0 Å². The maximum atomic E-state index is 6.07. The van der Waals surface area contributed by atoms with Crippen molar-refractivity contribution in [3.63, 3.8) is 0 Å². The molecule has 0 heterocycles. The predicted octanol–water partition coefficient (Wildman–Crippen LogP) is 3.98. The molecule has 1 rings (SSSR count). The molecule has 0 saturated carbocycles. The maximum Gasteiger partial charge on any atom is 0.0318 e. The highest BCUT2D eigenvalue weighted by atomic mass is 14.9. The van der Waals surface area contributed by atoms with Crippen LogP contribution in [0.25, 0.3) is 0 Å². The molecule has 2 unspecified atom stereocenters. The molecule has 2 atom stereocenters. The van der Waals surface area contributed by atoms with Crippen molar-refractivity contribution in [2.45, 2.75) is 64.5 Å². The van der Waals surface area contributed by atoms with Gasteiger partial charge in [-0.15, -0.1) is 0 Å². The monoisotopic (exact) mass is 262 g/mol. The molecule has 2 heteroatoms. The molecular formula is C17H30N2. The van der Waals surface area contributed by atoms with Crippen molar-refractivity contribution in [1.29, 1.82) is 0 Å².